The molecule has 18 heavy (non-hydrogen) atoms. The van der Waals surface area contributed by atoms with Crippen LogP contribution in [0.15, 0.2) is 18.2 Å². The molecule has 0 radical (unpaired) electrons. The highest BCUT2D eigenvalue weighted by atomic mass is 35.5. The number of aliphatic hydroxyl groups excluding tert-OH is 1. The zero-order valence-electron chi connectivity index (χ0n) is 10.7. The lowest BCUT2D eigenvalue weighted by molar-refractivity contribution is -0.0124. The summed E-state index contributed by atoms with van der Waals surface area (Å²) in [6.07, 6.45) is -0.566. The summed E-state index contributed by atoms with van der Waals surface area (Å²) in [6, 6.07) is 5.24. The van der Waals surface area contributed by atoms with Crippen molar-refractivity contribution in [3.8, 4) is 5.75 Å². The van der Waals surface area contributed by atoms with Gasteiger partial charge in [0.25, 0.3) is 0 Å². The maximum Gasteiger partial charge on any atom is 0.124 e. The molecule has 0 saturated heterocycles. The van der Waals surface area contributed by atoms with Gasteiger partial charge in [0.2, 0.25) is 0 Å². The molecule has 0 fully saturated rings. The van der Waals surface area contributed by atoms with Crippen molar-refractivity contribution < 1.29 is 14.6 Å². The first-order valence-electron chi connectivity index (χ1n) is 5.94. The van der Waals surface area contributed by atoms with Gasteiger partial charge in [0.15, 0.2) is 0 Å². The second-order valence-corrected chi connectivity index (χ2v) is 4.74. The standard InChI is InChI=1S/C13H20ClNO3/c1-9(2)17-7-12(16)8-18-13-4-3-11(14)5-10(13)6-15/h3-5,9,12,16H,6-8,15H2,1-2H3. The molecule has 1 aromatic rings. The Morgan fingerprint density at radius 3 is 2.67 bits per heavy atom. The quantitative estimate of drug-likeness (QED) is 0.797. The van der Waals surface area contributed by atoms with Crippen LogP contribution in [-0.4, -0.2) is 30.5 Å². The molecule has 0 saturated carbocycles. The molecule has 1 aromatic carbocycles. The third-order valence-electron chi connectivity index (χ3n) is 2.30. The van der Waals surface area contributed by atoms with E-state index >= 15 is 0 Å². The summed E-state index contributed by atoms with van der Waals surface area (Å²) in [5, 5.41) is 10.3. The second-order valence-electron chi connectivity index (χ2n) is 4.30. The summed E-state index contributed by atoms with van der Waals surface area (Å²) in [5.74, 6) is 0.644. The predicted octanol–water partition coefficient (Wildman–Crippen LogP) is 1.96. The van der Waals surface area contributed by atoms with Crippen LogP contribution in [0.5, 0.6) is 5.75 Å². The van der Waals surface area contributed by atoms with Gasteiger partial charge >= 0.3 is 0 Å². The van der Waals surface area contributed by atoms with Crippen LogP contribution in [0.25, 0.3) is 0 Å². The fraction of sp³-hybridized carbons (Fsp3) is 0.538. The van der Waals surface area contributed by atoms with E-state index in [9.17, 15) is 5.11 Å². The van der Waals surface area contributed by atoms with E-state index in [2.05, 4.69) is 0 Å². The molecule has 0 aromatic heterocycles. The highest BCUT2D eigenvalue weighted by Gasteiger charge is 2.09. The molecule has 5 heteroatoms. The van der Waals surface area contributed by atoms with Crippen LogP contribution < -0.4 is 10.5 Å². The largest absolute Gasteiger partial charge is 0.490 e. The molecule has 1 atom stereocenters. The maximum atomic E-state index is 9.67. The van der Waals surface area contributed by atoms with Gasteiger partial charge < -0.3 is 20.3 Å². The lowest BCUT2D eigenvalue weighted by Gasteiger charge is -2.16. The van der Waals surface area contributed by atoms with Crippen molar-refractivity contribution in [2.75, 3.05) is 13.2 Å². The average molecular weight is 274 g/mol. The molecule has 0 amide bonds. The van der Waals surface area contributed by atoms with Gasteiger partial charge in [0.1, 0.15) is 18.5 Å². The van der Waals surface area contributed by atoms with Crippen LogP contribution in [0.2, 0.25) is 5.02 Å². The molecule has 1 unspecified atom stereocenters. The van der Waals surface area contributed by atoms with E-state index in [1.807, 2.05) is 13.8 Å². The van der Waals surface area contributed by atoms with Crippen molar-refractivity contribution in [3.05, 3.63) is 28.8 Å². The van der Waals surface area contributed by atoms with Crippen LogP contribution in [0.3, 0.4) is 0 Å². The summed E-state index contributed by atoms with van der Waals surface area (Å²) in [5.41, 5.74) is 6.42. The van der Waals surface area contributed by atoms with Gasteiger partial charge in [-0.3, -0.25) is 0 Å². The monoisotopic (exact) mass is 273 g/mol. The van der Waals surface area contributed by atoms with Crippen LogP contribution >= 0.6 is 11.6 Å². The van der Waals surface area contributed by atoms with Gasteiger partial charge in [-0.25, -0.2) is 0 Å². The van der Waals surface area contributed by atoms with E-state index in [0.717, 1.165) is 5.56 Å². The fourth-order valence-electron chi connectivity index (χ4n) is 1.39. The number of ether oxygens (including phenoxy) is 2. The number of benzene rings is 1. The molecule has 102 valence electrons. The summed E-state index contributed by atoms with van der Waals surface area (Å²) in [7, 11) is 0. The SMILES string of the molecule is CC(C)OCC(O)COc1ccc(Cl)cc1CN. The van der Waals surface area contributed by atoms with Crippen molar-refractivity contribution >= 4 is 11.6 Å². The summed E-state index contributed by atoms with van der Waals surface area (Å²) in [4.78, 5) is 0. The number of nitrogens with two attached hydrogens (primary N) is 1. The van der Waals surface area contributed by atoms with Gasteiger partial charge in [0.05, 0.1) is 12.7 Å². The van der Waals surface area contributed by atoms with Crippen molar-refractivity contribution in [2.24, 2.45) is 5.73 Å². The van der Waals surface area contributed by atoms with Crippen LogP contribution in [-0.2, 0) is 11.3 Å². The molecule has 4 nitrogen and oxygen atoms in total. The molecular weight excluding hydrogens is 254 g/mol. The molecule has 1 rings (SSSR count). The van der Waals surface area contributed by atoms with Gasteiger partial charge in [-0.2, -0.15) is 0 Å². The van der Waals surface area contributed by atoms with E-state index in [1.54, 1.807) is 18.2 Å². The molecule has 0 aliphatic carbocycles. The summed E-state index contributed by atoms with van der Waals surface area (Å²) >= 11 is 5.86. The van der Waals surface area contributed by atoms with Crippen molar-refractivity contribution in [1.29, 1.82) is 0 Å². The Hall–Kier alpha value is -0.810. The number of halogens is 1. The minimum absolute atomic E-state index is 0.0924. The Bertz CT molecular complexity index is 371. The lowest BCUT2D eigenvalue weighted by Crippen LogP contribution is -2.25. The molecular formula is C13H20ClNO3. The summed E-state index contributed by atoms with van der Waals surface area (Å²) in [6.45, 7) is 4.59. The van der Waals surface area contributed by atoms with E-state index in [-0.39, 0.29) is 19.3 Å². The Kier molecular flexibility index (Phi) is 6.43. The first-order chi connectivity index (χ1) is 8.52. The number of rotatable bonds is 7. The Morgan fingerprint density at radius 2 is 2.06 bits per heavy atom. The van der Waals surface area contributed by atoms with Crippen LogP contribution in [0.1, 0.15) is 19.4 Å². The lowest BCUT2D eigenvalue weighted by atomic mass is 10.2. The molecule has 0 aliphatic heterocycles. The minimum Gasteiger partial charge on any atom is -0.490 e. The highest BCUT2D eigenvalue weighted by molar-refractivity contribution is 6.30. The third kappa shape index (κ3) is 5.23. The predicted molar refractivity (Wildman–Crippen MR) is 71.9 cm³/mol. The third-order valence-corrected chi connectivity index (χ3v) is 2.53. The van der Waals surface area contributed by atoms with Crippen molar-refractivity contribution in [3.63, 3.8) is 0 Å². The van der Waals surface area contributed by atoms with Gasteiger partial charge in [-0.15, -0.1) is 0 Å². The van der Waals surface area contributed by atoms with Gasteiger partial charge in [-0.05, 0) is 32.0 Å². The highest BCUT2D eigenvalue weighted by Crippen LogP contribution is 2.22. The zero-order chi connectivity index (χ0) is 13.5. The number of hydrogen-bond acceptors (Lipinski definition) is 4. The van der Waals surface area contributed by atoms with Crippen molar-refractivity contribution in [2.45, 2.75) is 32.6 Å². The average Bonchev–Trinajstić information content (AvgIpc) is 2.34. The first-order valence-corrected chi connectivity index (χ1v) is 6.31. The van der Waals surface area contributed by atoms with Crippen LogP contribution in [0, 0.1) is 0 Å². The molecule has 0 bridgehead atoms. The van der Waals surface area contributed by atoms with E-state index in [1.165, 1.54) is 0 Å². The van der Waals surface area contributed by atoms with Gasteiger partial charge in [-0.1, -0.05) is 11.6 Å². The normalized spacial score (nSPS) is 12.8. The molecule has 0 heterocycles. The zero-order valence-corrected chi connectivity index (χ0v) is 11.5. The number of hydrogen-bond donors (Lipinski definition) is 2. The fourth-order valence-corrected chi connectivity index (χ4v) is 1.58. The molecule has 0 spiro atoms. The molecule has 3 N–H and O–H groups in total. The van der Waals surface area contributed by atoms with Crippen LogP contribution in [0.4, 0.5) is 0 Å². The smallest absolute Gasteiger partial charge is 0.124 e. The van der Waals surface area contributed by atoms with E-state index < -0.39 is 6.10 Å². The minimum atomic E-state index is -0.659. The Morgan fingerprint density at radius 1 is 1.33 bits per heavy atom. The first kappa shape index (κ1) is 15.2. The topological polar surface area (TPSA) is 64.7 Å². The van der Waals surface area contributed by atoms with E-state index in [0.29, 0.717) is 17.3 Å². The summed E-state index contributed by atoms with van der Waals surface area (Å²) < 4.78 is 10.8. The van der Waals surface area contributed by atoms with Crippen molar-refractivity contribution in [1.82, 2.24) is 0 Å². The maximum absolute atomic E-state index is 9.67. The second kappa shape index (κ2) is 7.59. The Balaban J connectivity index is 2.47. The molecule has 0 aliphatic rings. The van der Waals surface area contributed by atoms with E-state index in [4.69, 9.17) is 26.8 Å². The Labute approximate surface area is 113 Å². The van der Waals surface area contributed by atoms with Gasteiger partial charge in [0, 0.05) is 17.1 Å². The number of aliphatic hydroxyl groups is 1.